The van der Waals surface area contributed by atoms with Crippen molar-refractivity contribution >= 4 is 5.78 Å². The van der Waals surface area contributed by atoms with Crippen molar-refractivity contribution in [3.8, 4) is 11.8 Å². The van der Waals surface area contributed by atoms with Gasteiger partial charge in [0.2, 0.25) is 0 Å². The number of Topliss-reactive ketones (excluding diaryl/α,β-unsaturated/α-hetero) is 1. The van der Waals surface area contributed by atoms with Gasteiger partial charge in [0.05, 0.1) is 0 Å². The number of rotatable bonds is 3. The molecule has 1 fully saturated rings. The summed E-state index contributed by atoms with van der Waals surface area (Å²) in [6, 6.07) is 0. The van der Waals surface area contributed by atoms with Crippen LogP contribution in [0.15, 0.2) is 15.8 Å². The molecule has 1 aliphatic heterocycles. The summed E-state index contributed by atoms with van der Waals surface area (Å²) in [5, 5.41) is 30.5. The SMILES string of the molecule is CC#Cc1cn([C@@H]2O[C@H](C(=O)C(O)C(C)(C)C)[C@@H](O)[C@@H]2O)c(=O)[nH]c1=O. The third-order valence-corrected chi connectivity index (χ3v) is 4.11. The van der Waals surface area contributed by atoms with Crippen LogP contribution in [0.5, 0.6) is 0 Å². The van der Waals surface area contributed by atoms with Crippen molar-refractivity contribution in [1.82, 2.24) is 9.55 Å². The molecule has 2 heterocycles. The molecular weight excluding hydrogens is 344 g/mol. The second kappa shape index (κ2) is 7.17. The first-order valence-electron chi connectivity index (χ1n) is 8.00. The molecule has 0 spiro atoms. The average molecular weight is 366 g/mol. The van der Waals surface area contributed by atoms with Gasteiger partial charge in [0, 0.05) is 6.20 Å². The van der Waals surface area contributed by atoms with E-state index in [1.807, 2.05) is 4.98 Å². The summed E-state index contributed by atoms with van der Waals surface area (Å²) in [4.78, 5) is 38.2. The number of carbonyl (C=O) groups excluding carboxylic acids is 1. The number of H-pyrrole nitrogens is 1. The molecule has 0 saturated carbocycles. The molecule has 0 bridgehead atoms. The Bertz CT molecular complexity index is 868. The fourth-order valence-electron chi connectivity index (χ4n) is 2.60. The molecule has 5 atom stereocenters. The monoisotopic (exact) mass is 366 g/mol. The first kappa shape index (κ1) is 20.1. The second-order valence-corrected chi connectivity index (χ2v) is 7.18. The zero-order valence-electron chi connectivity index (χ0n) is 14.9. The lowest BCUT2D eigenvalue weighted by molar-refractivity contribution is -0.149. The van der Waals surface area contributed by atoms with E-state index in [2.05, 4.69) is 11.8 Å². The smallest absolute Gasteiger partial charge is 0.330 e. The highest BCUT2D eigenvalue weighted by atomic mass is 16.6. The van der Waals surface area contributed by atoms with Crippen LogP contribution < -0.4 is 11.2 Å². The minimum atomic E-state index is -1.65. The van der Waals surface area contributed by atoms with Gasteiger partial charge in [-0.1, -0.05) is 26.7 Å². The Morgan fingerprint density at radius 1 is 1.31 bits per heavy atom. The molecular formula is C17H22N2O7. The minimum absolute atomic E-state index is 0.0399. The van der Waals surface area contributed by atoms with Crippen LogP contribution in [0.25, 0.3) is 0 Å². The maximum Gasteiger partial charge on any atom is 0.330 e. The Labute approximate surface area is 149 Å². The number of aliphatic hydroxyl groups excluding tert-OH is 3. The van der Waals surface area contributed by atoms with Crippen LogP contribution in [-0.4, -0.2) is 55.1 Å². The van der Waals surface area contributed by atoms with Crippen LogP contribution in [0.1, 0.15) is 39.5 Å². The normalized spacial score (nSPS) is 26.9. The average Bonchev–Trinajstić information content (AvgIpc) is 2.84. The van der Waals surface area contributed by atoms with E-state index in [4.69, 9.17) is 4.74 Å². The molecule has 26 heavy (non-hydrogen) atoms. The van der Waals surface area contributed by atoms with Crippen LogP contribution in [0, 0.1) is 17.3 Å². The highest BCUT2D eigenvalue weighted by Crippen LogP contribution is 2.32. The van der Waals surface area contributed by atoms with E-state index in [-0.39, 0.29) is 5.56 Å². The third-order valence-electron chi connectivity index (χ3n) is 4.11. The summed E-state index contributed by atoms with van der Waals surface area (Å²) in [6.45, 7) is 6.40. The molecule has 1 saturated heterocycles. The number of ketones is 1. The molecule has 9 heteroatoms. The zero-order valence-corrected chi connectivity index (χ0v) is 14.9. The minimum Gasteiger partial charge on any atom is -0.387 e. The van der Waals surface area contributed by atoms with Crippen molar-refractivity contribution in [3.05, 3.63) is 32.6 Å². The predicted molar refractivity (Wildman–Crippen MR) is 90.3 cm³/mol. The standard InChI is InChI=1S/C17H22N2O7/c1-5-6-8-7-19(16(25)18-14(8)24)15-10(21)9(20)12(26-15)11(22)13(23)17(2,3)4/h7,9-10,12-13,15,20-21,23H,1-4H3,(H,18,24,25)/t9-,10-,12-,13?,15+/m0/s1. The number of nitrogens with zero attached hydrogens (tertiary/aromatic N) is 1. The van der Waals surface area contributed by atoms with Gasteiger partial charge in [-0.15, -0.1) is 5.92 Å². The molecule has 142 valence electrons. The van der Waals surface area contributed by atoms with Crippen LogP contribution in [0.4, 0.5) is 0 Å². The lowest BCUT2D eigenvalue weighted by Crippen LogP contribution is -2.46. The molecule has 0 aliphatic carbocycles. The maximum atomic E-state index is 12.4. The molecule has 1 aromatic heterocycles. The summed E-state index contributed by atoms with van der Waals surface area (Å²) in [5.74, 6) is 4.21. The van der Waals surface area contributed by atoms with Crippen molar-refractivity contribution in [2.24, 2.45) is 5.41 Å². The molecule has 9 nitrogen and oxygen atoms in total. The Balaban J connectivity index is 2.40. The van der Waals surface area contributed by atoms with E-state index in [1.165, 1.54) is 6.92 Å². The summed E-state index contributed by atoms with van der Waals surface area (Å²) in [5.41, 5.74) is -2.44. The van der Waals surface area contributed by atoms with Crippen LogP contribution in [0.2, 0.25) is 0 Å². The third kappa shape index (κ3) is 3.64. The molecule has 1 aliphatic rings. The number of aromatic amines is 1. The summed E-state index contributed by atoms with van der Waals surface area (Å²) < 4.78 is 6.24. The lowest BCUT2D eigenvalue weighted by atomic mass is 9.84. The summed E-state index contributed by atoms with van der Waals surface area (Å²) in [7, 11) is 0. The first-order valence-corrected chi connectivity index (χ1v) is 8.00. The van der Waals surface area contributed by atoms with Gasteiger partial charge in [0.1, 0.15) is 30.0 Å². The van der Waals surface area contributed by atoms with Gasteiger partial charge in [0.15, 0.2) is 12.0 Å². The van der Waals surface area contributed by atoms with E-state index >= 15 is 0 Å². The number of hydrogen-bond donors (Lipinski definition) is 4. The highest BCUT2D eigenvalue weighted by Gasteiger charge is 2.50. The van der Waals surface area contributed by atoms with Crippen LogP contribution in [0.3, 0.4) is 0 Å². The Kier molecular flexibility index (Phi) is 5.53. The molecule has 0 aromatic carbocycles. The quantitative estimate of drug-likeness (QED) is 0.477. The molecule has 1 unspecified atom stereocenters. The second-order valence-electron chi connectivity index (χ2n) is 7.18. The first-order chi connectivity index (χ1) is 12.0. The predicted octanol–water partition coefficient (Wildman–Crippen LogP) is -1.50. The Morgan fingerprint density at radius 2 is 1.92 bits per heavy atom. The number of hydrogen-bond acceptors (Lipinski definition) is 7. The lowest BCUT2D eigenvalue weighted by Gasteiger charge is -2.27. The summed E-state index contributed by atoms with van der Waals surface area (Å²) >= 11 is 0. The Hall–Kier alpha value is -2.25. The zero-order chi connectivity index (χ0) is 19.8. The maximum absolute atomic E-state index is 12.4. The van der Waals surface area contributed by atoms with Gasteiger partial charge >= 0.3 is 5.69 Å². The molecule has 1 aromatic rings. The van der Waals surface area contributed by atoms with Gasteiger partial charge in [-0.05, 0) is 12.3 Å². The topological polar surface area (TPSA) is 142 Å². The molecule has 0 amide bonds. The van der Waals surface area contributed by atoms with Gasteiger partial charge < -0.3 is 20.1 Å². The van der Waals surface area contributed by atoms with Crippen molar-refractivity contribution in [1.29, 1.82) is 0 Å². The van der Waals surface area contributed by atoms with Crippen molar-refractivity contribution in [2.75, 3.05) is 0 Å². The highest BCUT2D eigenvalue weighted by molar-refractivity contribution is 5.88. The molecule has 4 N–H and O–H groups in total. The van der Waals surface area contributed by atoms with E-state index < -0.39 is 53.1 Å². The Morgan fingerprint density at radius 3 is 2.46 bits per heavy atom. The van der Waals surface area contributed by atoms with E-state index in [0.717, 1.165) is 10.8 Å². The van der Waals surface area contributed by atoms with Crippen molar-refractivity contribution in [2.45, 2.75) is 58.3 Å². The van der Waals surface area contributed by atoms with Crippen molar-refractivity contribution in [3.63, 3.8) is 0 Å². The number of aromatic nitrogens is 2. The molecule has 0 radical (unpaired) electrons. The largest absolute Gasteiger partial charge is 0.387 e. The molecule has 2 rings (SSSR count). The van der Waals surface area contributed by atoms with Gasteiger partial charge in [-0.25, -0.2) is 4.79 Å². The van der Waals surface area contributed by atoms with E-state index in [9.17, 15) is 29.7 Å². The van der Waals surface area contributed by atoms with Gasteiger partial charge in [-0.3, -0.25) is 19.1 Å². The fourth-order valence-corrected chi connectivity index (χ4v) is 2.60. The number of aliphatic hydroxyl groups is 3. The summed E-state index contributed by atoms with van der Waals surface area (Å²) in [6.07, 6.45) is -6.57. The number of nitrogens with one attached hydrogen (secondary N) is 1. The van der Waals surface area contributed by atoms with Crippen molar-refractivity contribution < 1.29 is 24.9 Å². The fraction of sp³-hybridized carbons (Fsp3) is 0.588. The van der Waals surface area contributed by atoms with Crippen LogP contribution in [-0.2, 0) is 9.53 Å². The van der Waals surface area contributed by atoms with Gasteiger partial charge in [0.25, 0.3) is 5.56 Å². The van der Waals surface area contributed by atoms with E-state index in [0.29, 0.717) is 0 Å². The van der Waals surface area contributed by atoms with Crippen LogP contribution >= 0.6 is 0 Å². The number of carbonyl (C=O) groups is 1. The number of ether oxygens (including phenoxy) is 1. The van der Waals surface area contributed by atoms with E-state index in [1.54, 1.807) is 20.8 Å². The van der Waals surface area contributed by atoms with Gasteiger partial charge in [-0.2, -0.15) is 0 Å².